The second-order valence-corrected chi connectivity index (χ2v) is 4.68. The van der Waals surface area contributed by atoms with Gasteiger partial charge in [-0.2, -0.15) is 0 Å². The van der Waals surface area contributed by atoms with Crippen molar-refractivity contribution in [3.63, 3.8) is 0 Å². The van der Waals surface area contributed by atoms with Gasteiger partial charge in [0.25, 0.3) is 0 Å². The van der Waals surface area contributed by atoms with Crippen LogP contribution >= 0.6 is 11.3 Å². The van der Waals surface area contributed by atoms with Gasteiger partial charge in [0, 0.05) is 17.3 Å². The molecule has 0 bridgehead atoms. The molecule has 0 aromatic carbocycles. The number of carboxylic acid groups (broad SMARTS) is 1. The molecule has 0 amide bonds. The number of aromatic carboxylic acids is 1. The van der Waals surface area contributed by atoms with E-state index in [-0.39, 0.29) is 5.56 Å². The topological polar surface area (TPSA) is 88.0 Å². The van der Waals surface area contributed by atoms with E-state index in [1.807, 2.05) is 12.3 Å². The number of nitrogens with one attached hydrogen (secondary N) is 1. The first-order valence-corrected chi connectivity index (χ1v) is 6.16. The van der Waals surface area contributed by atoms with Crippen LogP contribution in [0, 0.1) is 13.8 Å². The minimum Gasteiger partial charge on any atom is -0.478 e. The number of rotatable bonds is 4. The standard InChI is InChI=1S/C11H12N4O2S/c1-6-5-18-9(14-6)4-13-11-12-3-8(10(16)17)7(2)15-11/h3,5H,4H2,1-2H3,(H,16,17)(H,12,13,15). The fraction of sp³-hybridized carbons (Fsp3) is 0.273. The van der Waals surface area contributed by atoms with Gasteiger partial charge in [-0.15, -0.1) is 11.3 Å². The number of anilines is 1. The van der Waals surface area contributed by atoms with Crippen molar-refractivity contribution in [2.75, 3.05) is 5.32 Å². The molecule has 0 unspecified atom stereocenters. The van der Waals surface area contributed by atoms with Crippen molar-refractivity contribution in [1.29, 1.82) is 0 Å². The zero-order valence-corrected chi connectivity index (χ0v) is 10.8. The molecule has 2 rings (SSSR count). The number of thiazole rings is 1. The molecule has 0 spiro atoms. The van der Waals surface area contributed by atoms with Gasteiger partial charge in [-0.05, 0) is 13.8 Å². The SMILES string of the molecule is Cc1csc(CNc2ncc(C(=O)O)c(C)n2)n1. The molecule has 0 saturated heterocycles. The van der Waals surface area contributed by atoms with Crippen LogP contribution in [-0.2, 0) is 6.54 Å². The molecule has 7 heteroatoms. The van der Waals surface area contributed by atoms with Crippen LogP contribution in [0.15, 0.2) is 11.6 Å². The van der Waals surface area contributed by atoms with Crippen LogP contribution in [0.1, 0.15) is 26.8 Å². The predicted octanol–water partition coefficient (Wildman–Crippen LogP) is 1.86. The van der Waals surface area contributed by atoms with Gasteiger partial charge in [0.1, 0.15) is 5.01 Å². The molecule has 0 aliphatic carbocycles. The van der Waals surface area contributed by atoms with E-state index < -0.39 is 5.97 Å². The molecule has 0 atom stereocenters. The zero-order valence-electron chi connectivity index (χ0n) is 9.97. The van der Waals surface area contributed by atoms with Gasteiger partial charge in [-0.3, -0.25) is 0 Å². The minimum absolute atomic E-state index is 0.116. The maximum atomic E-state index is 10.8. The third-order valence-corrected chi connectivity index (χ3v) is 3.24. The third-order valence-electron chi connectivity index (χ3n) is 2.27. The molecule has 2 N–H and O–H groups in total. The average molecular weight is 264 g/mol. The molecule has 18 heavy (non-hydrogen) atoms. The number of nitrogens with zero attached hydrogens (tertiary/aromatic N) is 3. The average Bonchev–Trinajstić information content (AvgIpc) is 2.72. The minimum atomic E-state index is -1.02. The van der Waals surface area contributed by atoms with Crippen molar-refractivity contribution < 1.29 is 9.90 Å². The lowest BCUT2D eigenvalue weighted by atomic mass is 10.2. The lowest BCUT2D eigenvalue weighted by Gasteiger charge is -2.04. The van der Waals surface area contributed by atoms with Crippen LogP contribution < -0.4 is 5.32 Å². The lowest BCUT2D eigenvalue weighted by Crippen LogP contribution is -2.08. The smallest absolute Gasteiger partial charge is 0.339 e. The first kappa shape index (κ1) is 12.4. The number of aromatic nitrogens is 3. The Kier molecular flexibility index (Phi) is 3.52. The Morgan fingerprint density at radius 3 is 2.78 bits per heavy atom. The maximum Gasteiger partial charge on any atom is 0.339 e. The molecule has 0 radical (unpaired) electrons. The van der Waals surface area contributed by atoms with E-state index in [2.05, 4.69) is 20.3 Å². The van der Waals surface area contributed by atoms with Gasteiger partial charge in [0.05, 0.1) is 17.8 Å². The highest BCUT2D eigenvalue weighted by molar-refractivity contribution is 7.09. The fourth-order valence-corrected chi connectivity index (χ4v) is 2.11. The van der Waals surface area contributed by atoms with E-state index in [9.17, 15) is 4.79 Å². The molecule has 2 aromatic heterocycles. The van der Waals surface area contributed by atoms with Gasteiger partial charge >= 0.3 is 5.97 Å². The highest BCUT2D eigenvalue weighted by Crippen LogP contribution is 2.11. The number of carbonyl (C=O) groups is 1. The van der Waals surface area contributed by atoms with Crippen LogP contribution in [0.4, 0.5) is 5.95 Å². The molecule has 2 aromatic rings. The van der Waals surface area contributed by atoms with Crippen LogP contribution in [0.25, 0.3) is 0 Å². The van der Waals surface area contributed by atoms with E-state index in [0.29, 0.717) is 18.2 Å². The summed E-state index contributed by atoms with van der Waals surface area (Å²) in [7, 11) is 0. The van der Waals surface area contributed by atoms with Crippen molar-refractivity contribution >= 4 is 23.3 Å². The summed E-state index contributed by atoms with van der Waals surface area (Å²) in [6, 6.07) is 0. The van der Waals surface area contributed by atoms with E-state index in [1.165, 1.54) is 6.20 Å². The Hall–Kier alpha value is -2.02. The van der Waals surface area contributed by atoms with Gasteiger partial charge in [0.2, 0.25) is 5.95 Å². The molecule has 0 aliphatic heterocycles. The Morgan fingerprint density at radius 1 is 1.44 bits per heavy atom. The maximum absolute atomic E-state index is 10.8. The van der Waals surface area contributed by atoms with Gasteiger partial charge in [-0.25, -0.2) is 19.7 Å². The summed E-state index contributed by atoms with van der Waals surface area (Å²) in [5.74, 6) is -0.611. The van der Waals surface area contributed by atoms with Crippen LogP contribution in [0.2, 0.25) is 0 Å². The molecule has 0 saturated carbocycles. The molecule has 0 aliphatic rings. The third kappa shape index (κ3) is 2.80. The monoisotopic (exact) mass is 264 g/mol. The van der Waals surface area contributed by atoms with E-state index in [0.717, 1.165) is 10.7 Å². The van der Waals surface area contributed by atoms with E-state index in [4.69, 9.17) is 5.11 Å². The van der Waals surface area contributed by atoms with E-state index >= 15 is 0 Å². The van der Waals surface area contributed by atoms with Crippen molar-refractivity contribution in [2.45, 2.75) is 20.4 Å². The van der Waals surface area contributed by atoms with Crippen LogP contribution in [0.3, 0.4) is 0 Å². The largest absolute Gasteiger partial charge is 0.478 e. The van der Waals surface area contributed by atoms with Crippen molar-refractivity contribution in [1.82, 2.24) is 15.0 Å². The molecule has 0 fully saturated rings. The molecular formula is C11H12N4O2S. The normalized spacial score (nSPS) is 10.3. The van der Waals surface area contributed by atoms with Gasteiger partial charge in [0.15, 0.2) is 0 Å². The number of hydrogen-bond donors (Lipinski definition) is 2. The summed E-state index contributed by atoms with van der Waals surface area (Å²) in [4.78, 5) is 23.2. The molecule has 94 valence electrons. The molecule has 2 heterocycles. The highest BCUT2D eigenvalue weighted by atomic mass is 32.1. The Labute approximate surface area is 108 Å². The summed E-state index contributed by atoms with van der Waals surface area (Å²) in [6.07, 6.45) is 1.31. The van der Waals surface area contributed by atoms with Crippen LogP contribution in [0.5, 0.6) is 0 Å². The zero-order chi connectivity index (χ0) is 13.1. The summed E-state index contributed by atoms with van der Waals surface area (Å²) in [5.41, 5.74) is 1.54. The first-order valence-electron chi connectivity index (χ1n) is 5.28. The van der Waals surface area contributed by atoms with Crippen molar-refractivity contribution in [2.24, 2.45) is 0 Å². The molecule has 6 nitrogen and oxygen atoms in total. The predicted molar refractivity (Wildman–Crippen MR) is 67.9 cm³/mol. The highest BCUT2D eigenvalue weighted by Gasteiger charge is 2.09. The lowest BCUT2D eigenvalue weighted by molar-refractivity contribution is 0.0695. The number of aryl methyl sites for hydroxylation is 2. The van der Waals surface area contributed by atoms with Crippen LogP contribution in [-0.4, -0.2) is 26.0 Å². The first-order chi connectivity index (χ1) is 8.56. The van der Waals surface area contributed by atoms with Crippen molar-refractivity contribution in [3.05, 3.63) is 33.5 Å². The summed E-state index contributed by atoms with van der Waals surface area (Å²) < 4.78 is 0. The Bertz CT molecular complexity index is 582. The summed E-state index contributed by atoms with van der Waals surface area (Å²) in [6.45, 7) is 4.11. The fourth-order valence-electron chi connectivity index (χ4n) is 1.40. The van der Waals surface area contributed by atoms with Crippen molar-refractivity contribution in [3.8, 4) is 0 Å². The number of carboxylic acids is 1. The van der Waals surface area contributed by atoms with Gasteiger partial charge in [-0.1, -0.05) is 0 Å². The second kappa shape index (κ2) is 5.09. The quantitative estimate of drug-likeness (QED) is 0.876. The van der Waals surface area contributed by atoms with E-state index in [1.54, 1.807) is 18.3 Å². The summed E-state index contributed by atoms with van der Waals surface area (Å²) in [5, 5.41) is 14.8. The van der Waals surface area contributed by atoms with Gasteiger partial charge < -0.3 is 10.4 Å². The molecular weight excluding hydrogens is 252 g/mol. The Balaban J connectivity index is 2.06. The summed E-state index contributed by atoms with van der Waals surface area (Å²) >= 11 is 1.56. The number of hydrogen-bond acceptors (Lipinski definition) is 6. The Morgan fingerprint density at radius 2 is 2.22 bits per heavy atom. The second-order valence-electron chi connectivity index (χ2n) is 3.73.